The number of primary amides is 1. The summed E-state index contributed by atoms with van der Waals surface area (Å²) < 4.78 is 0. The third kappa shape index (κ3) is 6.09. The molecule has 0 aliphatic heterocycles. The number of carbonyl (C=O) groups excluding carboxylic acids is 1. The van der Waals surface area contributed by atoms with Crippen LogP contribution in [0.5, 0.6) is 0 Å². The number of aliphatic hydroxyl groups excluding tert-OH is 1. The summed E-state index contributed by atoms with van der Waals surface area (Å²) in [5, 5.41) is 11.8. The van der Waals surface area contributed by atoms with Crippen molar-refractivity contribution in [2.24, 2.45) is 11.5 Å². The number of hydrogen-bond acceptors (Lipinski definition) is 4. The molecule has 2 atom stereocenters. The summed E-state index contributed by atoms with van der Waals surface area (Å²) in [5.74, 6) is -0.514. The van der Waals surface area contributed by atoms with Crippen molar-refractivity contribution in [2.45, 2.75) is 25.5 Å². The smallest absolute Gasteiger partial charge is 0.235 e. The largest absolute Gasteiger partial charge is 0.393 e. The molecule has 5 heteroatoms. The Labute approximate surface area is 72.1 Å². The predicted molar refractivity (Wildman–Crippen MR) is 46.3 cm³/mol. The third-order valence-corrected chi connectivity index (χ3v) is 1.47. The molecule has 5 nitrogen and oxygen atoms in total. The molecular formula is C7H17N3O2. The lowest BCUT2D eigenvalue weighted by Crippen LogP contribution is -2.44. The first-order valence-electron chi connectivity index (χ1n) is 3.97. The van der Waals surface area contributed by atoms with Gasteiger partial charge in [0.05, 0.1) is 12.1 Å². The van der Waals surface area contributed by atoms with Gasteiger partial charge in [-0.25, -0.2) is 0 Å². The van der Waals surface area contributed by atoms with Crippen molar-refractivity contribution in [1.29, 1.82) is 0 Å². The van der Waals surface area contributed by atoms with Gasteiger partial charge < -0.3 is 21.9 Å². The Kier molecular flexibility index (Phi) is 5.61. The summed E-state index contributed by atoms with van der Waals surface area (Å²) in [5.41, 5.74) is 10.3. The highest BCUT2D eigenvalue weighted by molar-refractivity contribution is 5.79. The summed E-state index contributed by atoms with van der Waals surface area (Å²) in [6, 6.07) is -0.640. The molecule has 0 spiro atoms. The molecule has 0 aromatic carbocycles. The fourth-order valence-electron chi connectivity index (χ4n) is 0.669. The third-order valence-electron chi connectivity index (χ3n) is 1.47. The van der Waals surface area contributed by atoms with E-state index in [4.69, 9.17) is 16.6 Å². The van der Waals surface area contributed by atoms with Gasteiger partial charge in [-0.1, -0.05) is 0 Å². The number of nitrogens with one attached hydrogen (secondary N) is 1. The Bertz CT molecular complexity index is 139. The van der Waals surface area contributed by atoms with Crippen molar-refractivity contribution >= 4 is 5.91 Å². The molecule has 0 saturated heterocycles. The van der Waals surface area contributed by atoms with Gasteiger partial charge in [0.1, 0.15) is 0 Å². The van der Waals surface area contributed by atoms with Crippen LogP contribution in [0.4, 0.5) is 0 Å². The van der Waals surface area contributed by atoms with E-state index in [2.05, 4.69) is 5.32 Å². The van der Waals surface area contributed by atoms with Crippen LogP contribution in [-0.4, -0.2) is 36.2 Å². The van der Waals surface area contributed by atoms with Gasteiger partial charge in [0.15, 0.2) is 0 Å². The van der Waals surface area contributed by atoms with E-state index in [1.54, 1.807) is 6.92 Å². The van der Waals surface area contributed by atoms with Gasteiger partial charge in [-0.2, -0.15) is 0 Å². The Morgan fingerprint density at radius 2 is 2.25 bits per heavy atom. The maximum atomic E-state index is 10.4. The van der Waals surface area contributed by atoms with Gasteiger partial charge in [0.25, 0.3) is 0 Å². The molecule has 1 amide bonds. The van der Waals surface area contributed by atoms with Crippen molar-refractivity contribution in [1.82, 2.24) is 5.32 Å². The maximum absolute atomic E-state index is 10.4. The average molecular weight is 175 g/mol. The second-order valence-corrected chi connectivity index (χ2v) is 2.85. The number of hydrogen-bond donors (Lipinski definition) is 4. The standard InChI is InChI=1S/C7H17N3O2/c1-5(11)2-3-10-4-6(8)7(9)12/h5-6,10-11H,2-4,8H2,1H3,(H2,9,12). The minimum atomic E-state index is -0.640. The molecule has 12 heavy (non-hydrogen) atoms. The van der Waals surface area contributed by atoms with Gasteiger partial charge >= 0.3 is 0 Å². The monoisotopic (exact) mass is 175 g/mol. The molecule has 0 fully saturated rings. The van der Waals surface area contributed by atoms with E-state index >= 15 is 0 Å². The van der Waals surface area contributed by atoms with E-state index in [0.717, 1.165) is 0 Å². The number of amides is 1. The minimum absolute atomic E-state index is 0.331. The van der Waals surface area contributed by atoms with Crippen LogP contribution in [0.15, 0.2) is 0 Å². The number of rotatable bonds is 6. The van der Waals surface area contributed by atoms with Crippen molar-refractivity contribution in [3.05, 3.63) is 0 Å². The Balaban J connectivity index is 3.25. The maximum Gasteiger partial charge on any atom is 0.235 e. The highest BCUT2D eigenvalue weighted by atomic mass is 16.3. The van der Waals surface area contributed by atoms with Crippen LogP contribution >= 0.6 is 0 Å². The average Bonchev–Trinajstić information content (AvgIpc) is 1.97. The highest BCUT2D eigenvalue weighted by Gasteiger charge is 2.07. The van der Waals surface area contributed by atoms with Crippen LogP contribution in [0.1, 0.15) is 13.3 Å². The van der Waals surface area contributed by atoms with E-state index in [0.29, 0.717) is 19.5 Å². The number of aliphatic hydroxyl groups is 1. The van der Waals surface area contributed by atoms with E-state index < -0.39 is 11.9 Å². The SMILES string of the molecule is CC(O)CCNCC(N)C(N)=O. The van der Waals surface area contributed by atoms with Crippen molar-refractivity contribution in [3.8, 4) is 0 Å². The van der Waals surface area contributed by atoms with Crippen LogP contribution in [0.2, 0.25) is 0 Å². The van der Waals surface area contributed by atoms with Gasteiger partial charge in [0.2, 0.25) is 5.91 Å². The van der Waals surface area contributed by atoms with Crippen molar-refractivity contribution in [2.75, 3.05) is 13.1 Å². The first kappa shape index (κ1) is 11.4. The summed E-state index contributed by atoms with van der Waals surface area (Å²) in [6.07, 6.45) is 0.313. The zero-order chi connectivity index (χ0) is 9.56. The molecule has 0 aliphatic rings. The van der Waals surface area contributed by atoms with Crippen molar-refractivity contribution in [3.63, 3.8) is 0 Å². The second-order valence-electron chi connectivity index (χ2n) is 2.85. The summed E-state index contributed by atoms with van der Waals surface area (Å²) >= 11 is 0. The zero-order valence-corrected chi connectivity index (χ0v) is 7.29. The summed E-state index contributed by atoms with van der Waals surface area (Å²) in [7, 11) is 0. The Hall–Kier alpha value is -0.650. The normalized spacial score (nSPS) is 15.6. The van der Waals surface area contributed by atoms with E-state index in [9.17, 15) is 4.79 Å². The molecule has 72 valence electrons. The molecule has 0 aromatic heterocycles. The highest BCUT2D eigenvalue weighted by Crippen LogP contribution is 1.85. The van der Waals surface area contributed by atoms with Gasteiger partial charge in [-0.05, 0) is 19.9 Å². The summed E-state index contributed by atoms with van der Waals surface area (Å²) in [6.45, 7) is 2.70. The quantitative estimate of drug-likeness (QED) is 0.356. The Morgan fingerprint density at radius 3 is 2.67 bits per heavy atom. The van der Waals surface area contributed by atoms with Crippen LogP contribution < -0.4 is 16.8 Å². The Morgan fingerprint density at radius 1 is 1.67 bits per heavy atom. The van der Waals surface area contributed by atoms with Crippen LogP contribution in [0, 0.1) is 0 Å². The van der Waals surface area contributed by atoms with Gasteiger partial charge in [0, 0.05) is 6.54 Å². The number of nitrogens with two attached hydrogens (primary N) is 2. The fraction of sp³-hybridized carbons (Fsp3) is 0.857. The van der Waals surface area contributed by atoms with Crippen LogP contribution in [-0.2, 0) is 4.79 Å². The first-order valence-corrected chi connectivity index (χ1v) is 3.97. The molecule has 0 heterocycles. The molecular weight excluding hydrogens is 158 g/mol. The molecule has 0 aliphatic carbocycles. The predicted octanol–water partition coefficient (Wildman–Crippen LogP) is -1.84. The molecule has 0 aromatic rings. The van der Waals surface area contributed by atoms with Crippen LogP contribution in [0.3, 0.4) is 0 Å². The first-order chi connectivity index (χ1) is 5.54. The van der Waals surface area contributed by atoms with Gasteiger partial charge in [-0.15, -0.1) is 0 Å². The molecule has 0 bridgehead atoms. The molecule has 2 unspecified atom stereocenters. The molecule has 0 rings (SSSR count). The summed E-state index contributed by atoms with van der Waals surface area (Å²) in [4.78, 5) is 10.4. The zero-order valence-electron chi connectivity index (χ0n) is 7.29. The lowest BCUT2D eigenvalue weighted by Gasteiger charge is -2.09. The van der Waals surface area contributed by atoms with E-state index in [-0.39, 0.29) is 6.10 Å². The lowest BCUT2D eigenvalue weighted by molar-refractivity contribution is -0.119. The minimum Gasteiger partial charge on any atom is -0.393 e. The molecule has 0 radical (unpaired) electrons. The number of carbonyl (C=O) groups is 1. The molecule has 6 N–H and O–H groups in total. The van der Waals surface area contributed by atoms with E-state index in [1.807, 2.05) is 0 Å². The topological polar surface area (TPSA) is 101 Å². The molecule has 0 saturated carbocycles. The van der Waals surface area contributed by atoms with Crippen molar-refractivity contribution < 1.29 is 9.90 Å². The van der Waals surface area contributed by atoms with Gasteiger partial charge in [-0.3, -0.25) is 4.79 Å². The second kappa shape index (κ2) is 5.93. The van der Waals surface area contributed by atoms with E-state index in [1.165, 1.54) is 0 Å². The fourth-order valence-corrected chi connectivity index (χ4v) is 0.669. The lowest BCUT2D eigenvalue weighted by atomic mass is 10.2. The van der Waals surface area contributed by atoms with Crippen LogP contribution in [0.25, 0.3) is 0 Å².